The molecule has 3 aliphatic rings. The molecule has 1 saturated carbocycles. The van der Waals surface area contributed by atoms with Crippen molar-refractivity contribution in [2.24, 2.45) is 11.3 Å². The summed E-state index contributed by atoms with van der Waals surface area (Å²) in [6, 6.07) is 10.9. The zero-order chi connectivity index (χ0) is 18.0. The number of hydrogen-bond donors (Lipinski definition) is 2. The Bertz CT molecular complexity index is 606. The molecule has 142 valence electrons. The predicted octanol–water partition coefficient (Wildman–Crippen LogP) is 1.70. The van der Waals surface area contributed by atoms with Crippen molar-refractivity contribution in [2.45, 2.75) is 32.2 Å². The number of carbonyl (C=O) groups excluding carboxylic acids is 1. The van der Waals surface area contributed by atoms with Crippen molar-refractivity contribution in [2.75, 3.05) is 50.7 Å². The van der Waals surface area contributed by atoms with Gasteiger partial charge in [0.1, 0.15) is 0 Å². The third kappa shape index (κ3) is 3.89. The lowest BCUT2D eigenvalue weighted by atomic mass is 9.91. The van der Waals surface area contributed by atoms with E-state index < -0.39 is 0 Å². The van der Waals surface area contributed by atoms with Gasteiger partial charge in [-0.3, -0.25) is 9.69 Å². The first kappa shape index (κ1) is 17.8. The summed E-state index contributed by atoms with van der Waals surface area (Å²) in [6.45, 7) is 9.50. The van der Waals surface area contributed by atoms with Gasteiger partial charge in [0.2, 0.25) is 5.91 Å². The van der Waals surface area contributed by atoms with Gasteiger partial charge in [-0.2, -0.15) is 0 Å². The second kappa shape index (κ2) is 7.57. The molecule has 2 atom stereocenters. The van der Waals surface area contributed by atoms with Crippen LogP contribution in [-0.4, -0.2) is 62.7 Å². The van der Waals surface area contributed by atoms with E-state index >= 15 is 0 Å². The Labute approximate surface area is 157 Å². The zero-order valence-electron chi connectivity index (χ0n) is 15.9. The molecule has 0 radical (unpaired) electrons. The van der Waals surface area contributed by atoms with Crippen molar-refractivity contribution in [3.05, 3.63) is 30.3 Å². The minimum absolute atomic E-state index is 0.227. The van der Waals surface area contributed by atoms with E-state index in [4.69, 9.17) is 0 Å². The summed E-state index contributed by atoms with van der Waals surface area (Å²) in [4.78, 5) is 17.5. The topological polar surface area (TPSA) is 47.6 Å². The fraction of sp³-hybridized carbons (Fsp3) is 0.667. The summed E-state index contributed by atoms with van der Waals surface area (Å²) < 4.78 is 0. The van der Waals surface area contributed by atoms with E-state index in [1.165, 1.54) is 18.5 Å². The largest absolute Gasteiger partial charge is 0.369 e. The number of hydrogen-bond acceptors (Lipinski definition) is 4. The first-order valence-corrected chi connectivity index (χ1v) is 10.2. The van der Waals surface area contributed by atoms with Gasteiger partial charge >= 0.3 is 0 Å². The van der Waals surface area contributed by atoms with Crippen LogP contribution in [0.3, 0.4) is 0 Å². The van der Waals surface area contributed by atoms with Gasteiger partial charge < -0.3 is 15.5 Å². The average Bonchev–Trinajstić information content (AvgIpc) is 3.36. The molecule has 4 rings (SSSR count). The maximum Gasteiger partial charge on any atom is 0.223 e. The Morgan fingerprint density at radius 2 is 1.88 bits per heavy atom. The molecule has 0 bridgehead atoms. The van der Waals surface area contributed by atoms with E-state index in [9.17, 15) is 4.79 Å². The number of amides is 1. The highest BCUT2D eigenvalue weighted by Gasteiger charge is 2.57. The van der Waals surface area contributed by atoms with Gasteiger partial charge in [0.05, 0.1) is 0 Å². The van der Waals surface area contributed by atoms with Crippen molar-refractivity contribution < 1.29 is 4.79 Å². The third-order valence-corrected chi connectivity index (χ3v) is 6.52. The van der Waals surface area contributed by atoms with E-state index in [0.29, 0.717) is 11.3 Å². The van der Waals surface area contributed by atoms with Crippen LogP contribution in [0.15, 0.2) is 30.3 Å². The van der Waals surface area contributed by atoms with Crippen LogP contribution in [-0.2, 0) is 4.79 Å². The molecule has 5 nitrogen and oxygen atoms in total. The lowest BCUT2D eigenvalue weighted by Gasteiger charge is -2.37. The number of piperazine rings is 1. The highest BCUT2D eigenvalue weighted by Crippen LogP contribution is 2.58. The van der Waals surface area contributed by atoms with Gasteiger partial charge in [0.15, 0.2) is 0 Å². The molecule has 1 aromatic carbocycles. The molecule has 2 saturated heterocycles. The number of piperidine rings is 1. The molecule has 2 aliphatic heterocycles. The normalized spacial score (nSPS) is 26.5. The second-order valence-electron chi connectivity index (χ2n) is 8.40. The minimum Gasteiger partial charge on any atom is -0.369 e. The maximum absolute atomic E-state index is 12.6. The van der Waals surface area contributed by atoms with Crippen molar-refractivity contribution >= 4 is 11.6 Å². The van der Waals surface area contributed by atoms with Crippen LogP contribution in [0.2, 0.25) is 0 Å². The summed E-state index contributed by atoms with van der Waals surface area (Å²) >= 11 is 0. The molecule has 2 unspecified atom stereocenters. The smallest absolute Gasteiger partial charge is 0.223 e. The molecule has 1 spiro atoms. The highest BCUT2D eigenvalue weighted by molar-refractivity contribution is 5.82. The molecule has 2 heterocycles. The summed E-state index contributed by atoms with van der Waals surface area (Å²) in [6.07, 6.45) is 3.44. The Morgan fingerprint density at radius 3 is 2.58 bits per heavy atom. The summed E-state index contributed by atoms with van der Waals surface area (Å²) in [7, 11) is 0. The summed E-state index contributed by atoms with van der Waals surface area (Å²) in [5.41, 5.74) is 1.64. The van der Waals surface area contributed by atoms with Gasteiger partial charge in [-0.1, -0.05) is 18.2 Å². The lowest BCUT2D eigenvalue weighted by molar-refractivity contribution is -0.124. The van der Waals surface area contributed by atoms with Gasteiger partial charge in [-0.15, -0.1) is 0 Å². The number of nitrogens with one attached hydrogen (secondary N) is 2. The Morgan fingerprint density at radius 1 is 1.19 bits per heavy atom. The molecule has 5 heteroatoms. The molecule has 1 amide bonds. The molecule has 1 aromatic rings. The van der Waals surface area contributed by atoms with Crippen LogP contribution in [0.1, 0.15) is 26.2 Å². The van der Waals surface area contributed by atoms with Crippen molar-refractivity contribution in [1.29, 1.82) is 0 Å². The van der Waals surface area contributed by atoms with Crippen LogP contribution in [0.25, 0.3) is 0 Å². The van der Waals surface area contributed by atoms with Crippen LogP contribution >= 0.6 is 0 Å². The number of benzene rings is 1. The molecule has 2 N–H and O–H groups in total. The second-order valence-corrected chi connectivity index (χ2v) is 8.40. The van der Waals surface area contributed by atoms with E-state index in [-0.39, 0.29) is 12.0 Å². The van der Waals surface area contributed by atoms with Crippen molar-refractivity contribution in [3.8, 4) is 0 Å². The van der Waals surface area contributed by atoms with Crippen LogP contribution < -0.4 is 15.5 Å². The predicted molar refractivity (Wildman–Crippen MR) is 105 cm³/mol. The molecule has 3 fully saturated rings. The number of carbonyl (C=O) groups is 1. The van der Waals surface area contributed by atoms with Crippen LogP contribution in [0.4, 0.5) is 5.69 Å². The van der Waals surface area contributed by atoms with Crippen molar-refractivity contribution in [3.63, 3.8) is 0 Å². The quantitative estimate of drug-likeness (QED) is 0.843. The average molecular weight is 357 g/mol. The van der Waals surface area contributed by atoms with E-state index in [1.54, 1.807) is 0 Å². The third-order valence-electron chi connectivity index (χ3n) is 6.52. The van der Waals surface area contributed by atoms with Crippen LogP contribution in [0.5, 0.6) is 0 Å². The van der Waals surface area contributed by atoms with E-state index in [2.05, 4.69) is 57.7 Å². The fourth-order valence-electron chi connectivity index (χ4n) is 4.80. The van der Waals surface area contributed by atoms with E-state index in [0.717, 1.165) is 52.2 Å². The SMILES string of the molecule is CC(CN1CCN(c2ccccc2)CC1)NC(=O)C1CC12CCNCC2. The molecule has 26 heavy (non-hydrogen) atoms. The monoisotopic (exact) mass is 356 g/mol. The molecular formula is C21H32N4O. The van der Waals surface area contributed by atoms with Gasteiger partial charge in [-0.05, 0) is 56.8 Å². The number of nitrogens with zero attached hydrogens (tertiary/aromatic N) is 2. The lowest BCUT2D eigenvalue weighted by Crippen LogP contribution is -2.51. The Hall–Kier alpha value is -1.59. The van der Waals surface area contributed by atoms with Crippen LogP contribution in [0, 0.1) is 11.3 Å². The number of rotatable bonds is 5. The highest BCUT2D eigenvalue weighted by atomic mass is 16.2. The van der Waals surface area contributed by atoms with Crippen molar-refractivity contribution in [1.82, 2.24) is 15.5 Å². The standard InChI is InChI=1S/C21H32N4O/c1-17(23-20(26)19-15-21(19)7-9-22-10-8-21)16-24-11-13-25(14-12-24)18-5-3-2-4-6-18/h2-6,17,19,22H,7-16H2,1H3,(H,23,26). The van der Waals surface area contributed by atoms with Gasteiger partial charge in [-0.25, -0.2) is 0 Å². The first-order valence-electron chi connectivity index (χ1n) is 10.2. The summed E-state index contributed by atoms with van der Waals surface area (Å²) in [5.74, 6) is 0.560. The fourth-order valence-corrected chi connectivity index (χ4v) is 4.80. The first-order chi connectivity index (χ1) is 12.7. The summed E-state index contributed by atoms with van der Waals surface area (Å²) in [5, 5.41) is 6.70. The van der Waals surface area contributed by atoms with E-state index in [1.807, 2.05) is 0 Å². The number of para-hydroxylation sites is 1. The molecule has 1 aliphatic carbocycles. The number of anilines is 1. The maximum atomic E-state index is 12.6. The minimum atomic E-state index is 0.227. The van der Waals surface area contributed by atoms with Gasteiger partial charge in [0, 0.05) is 50.4 Å². The Balaban J connectivity index is 1.20. The zero-order valence-corrected chi connectivity index (χ0v) is 15.9. The Kier molecular flexibility index (Phi) is 5.18. The molecular weight excluding hydrogens is 324 g/mol. The molecule has 0 aromatic heterocycles. The van der Waals surface area contributed by atoms with Gasteiger partial charge in [0.25, 0.3) is 0 Å².